The van der Waals surface area contributed by atoms with E-state index >= 15 is 0 Å². The predicted molar refractivity (Wildman–Crippen MR) is 86.7 cm³/mol. The minimum absolute atomic E-state index is 0.0309. The van der Waals surface area contributed by atoms with Crippen LogP contribution in [0, 0.1) is 0 Å². The van der Waals surface area contributed by atoms with E-state index in [9.17, 15) is 8.42 Å². The van der Waals surface area contributed by atoms with Crippen LogP contribution in [0.3, 0.4) is 0 Å². The number of fused-ring (bicyclic) bond motifs is 1. The molecule has 1 aromatic rings. The molecule has 21 heavy (non-hydrogen) atoms. The molecular formula is C15H21BrN2O2S. The van der Waals surface area contributed by atoms with Crippen molar-refractivity contribution in [3.8, 4) is 0 Å². The Morgan fingerprint density at radius 1 is 1.24 bits per heavy atom. The van der Waals surface area contributed by atoms with E-state index in [1.54, 1.807) is 22.5 Å². The highest BCUT2D eigenvalue weighted by atomic mass is 79.9. The second kappa shape index (κ2) is 5.99. The number of nitrogens with zero attached hydrogens (tertiary/aromatic N) is 2. The van der Waals surface area contributed by atoms with Crippen LogP contribution >= 0.6 is 15.9 Å². The van der Waals surface area contributed by atoms with Gasteiger partial charge >= 0.3 is 0 Å². The summed E-state index contributed by atoms with van der Waals surface area (Å²) in [4.78, 5) is 2.84. The van der Waals surface area contributed by atoms with E-state index in [4.69, 9.17) is 0 Å². The largest absolute Gasteiger partial charge is 0.297 e. The third kappa shape index (κ3) is 3.04. The van der Waals surface area contributed by atoms with Gasteiger partial charge in [-0.3, -0.25) is 4.90 Å². The maximum absolute atomic E-state index is 12.9. The summed E-state index contributed by atoms with van der Waals surface area (Å²) in [7, 11) is -3.41. The van der Waals surface area contributed by atoms with Gasteiger partial charge in [0.2, 0.25) is 10.0 Å². The molecule has 2 heterocycles. The van der Waals surface area contributed by atoms with Gasteiger partial charge in [-0.15, -0.1) is 0 Å². The molecule has 2 aliphatic rings. The fourth-order valence-corrected chi connectivity index (χ4v) is 5.68. The average molecular weight is 373 g/mol. The Labute approximate surface area is 135 Å². The Morgan fingerprint density at radius 2 is 2.05 bits per heavy atom. The van der Waals surface area contributed by atoms with Crippen LogP contribution < -0.4 is 0 Å². The molecule has 0 spiro atoms. The van der Waals surface area contributed by atoms with E-state index < -0.39 is 10.0 Å². The van der Waals surface area contributed by atoms with Gasteiger partial charge in [-0.2, -0.15) is 4.31 Å². The zero-order valence-electron chi connectivity index (χ0n) is 12.2. The SMILES string of the molecule is CC1CN2CCCCC2CN1S(=O)(=O)c1cccc(Br)c1. The molecule has 0 saturated carbocycles. The number of benzene rings is 1. The van der Waals surface area contributed by atoms with Crippen molar-refractivity contribution in [1.29, 1.82) is 0 Å². The van der Waals surface area contributed by atoms with Gasteiger partial charge in [-0.05, 0) is 44.5 Å². The lowest BCUT2D eigenvalue weighted by Crippen LogP contribution is -2.59. The summed E-state index contributed by atoms with van der Waals surface area (Å²) in [6, 6.07) is 7.41. The van der Waals surface area contributed by atoms with Crippen LogP contribution in [0.5, 0.6) is 0 Å². The summed E-state index contributed by atoms with van der Waals surface area (Å²) in [6.07, 6.45) is 3.55. The Kier molecular flexibility index (Phi) is 4.41. The van der Waals surface area contributed by atoms with Crippen molar-refractivity contribution in [1.82, 2.24) is 9.21 Å². The molecule has 0 radical (unpaired) electrons. The van der Waals surface area contributed by atoms with Crippen molar-refractivity contribution in [3.63, 3.8) is 0 Å². The lowest BCUT2D eigenvalue weighted by Gasteiger charge is -2.46. The fraction of sp³-hybridized carbons (Fsp3) is 0.600. The van der Waals surface area contributed by atoms with E-state index in [0.717, 1.165) is 24.0 Å². The monoisotopic (exact) mass is 372 g/mol. The summed E-state index contributed by atoms with van der Waals surface area (Å²) in [5.41, 5.74) is 0. The van der Waals surface area contributed by atoms with E-state index in [0.29, 0.717) is 17.5 Å². The van der Waals surface area contributed by atoms with Crippen LogP contribution in [0.2, 0.25) is 0 Å². The maximum atomic E-state index is 12.9. The van der Waals surface area contributed by atoms with Gasteiger partial charge in [0.1, 0.15) is 0 Å². The number of piperazine rings is 1. The van der Waals surface area contributed by atoms with E-state index in [-0.39, 0.29) is 6.04 Å². The van der Waals surface area contributed by atoms with Crippen LogP contribution in [-0.4, -0.2) is 49.3 Å². The second-order valence-electron chi connectivity index (χ2n) is 6.03. The third-order valence-electron chi connectivity index (χ3n) is 4.53. The van der Waals surface area contributed by atoms with E-state index in [1.807, 2.05) is 13.0 Å². The zero-order chi connectivity index (χ0) is 15.0. The molecule has 2 aliphatic heterocycles. The van der Waals surface area contributed by atoms with Crippen molar-refractivity contribution in [2.24, 2.45) is 0 Å². The van der Waals surface area contributed by atoms with Crippen LogP contribution in [0.25, 0.3) is 0 Å². The van der Waals surface area contributed by atoms with Crippen LogP contribution in [0.15, 0.2) is 33.6 Å². The van der Waals surface area contributed by atoms with Gasteiger partial charge in [0.25, 0.3) is 0 Å². The summed E-state index contributed by atoms with van der Waals surface area (Å²) in [6.45, 7) is 4.59. The van der Waals surface area contributed by atoms with Crippen molar-refractivity contribution in [2.75, 3.05) is 19.6 Å². The number of halogens is 1. The molecule has 1 aromatic carbocycles. The average Bonchev–Trinajstić information content (AvgIpc) is 2.46. The van der Waals surface area contributed by atoms with Gasteiger partial charge in [-0.1, -0.05) is 28.4 Å². The normalized spacial score (nSPS) is 28.3. The first-order valence-electron chi connectivity index (χ1n) is 7.50. The third-order valence-corrected chi connectivity index (χ3v) is 7.00. The van der Waals surface area contributed by atoms with Gasteiger partial charge in [-0.25, -0.2) is 8.42 Å². The first-order valence-corrected chi connectivity index (χ1v) is 9.73. The van der Waals surface area contributed by atoms with E-state index in [1.165, 1.54) is 12.8 Å². The second-order valence-corrected chi connectivity index (χ2v) is 8.83. The Bertz CT molecular complexity index is 620. The maximum Gasteiger partial charge on any atom is 0.243 e. The highest BCUT2D eigenvalue weighted by molar-refractivity contribution is 9.10. The quantitative estimate of drug-likeness (QED) is 0.801. The van der Waals surface area contributed by atoms with Crippen molar-refractivity contribution >= 4 is 26.0 Å². The molecule has 0 N–H and O–H groups in total. The molecule has 4 nitrogen and oxygen atoms in total. The number of hydrogen-bond donors (Lipinski definition) is 0. The van der Waals surface area contributed by atoms with Gasteiger partial charge in [0.15, 0.2) is 0 Å². The highest BCUT2D eigenvalue weighted by Gasteiger charge is 2.39. The molecule has 0 amide bonds. The topological polar surface area (TPSA) is 40.6 Å². The van der Waals surface area contributed by atoms with Crippen LogP contribution in [-0.2, 0) is 10.0 Å². The standard InChI is InChI=1S/C15H21BrN2O2S/c1-12-10-17-8-3-2-6-14(17)11-18(12)21(19,20)15-7-4-5-13(16)9-15/h4-5,7,9,12,14H,2-3,6,8,10-11H2,1H3. The molecule has 2 saturated heterocycles. The highest BCUT2D eigenvalue weighted by Crippen LogP contribution is 2.29. The van der Waals surface area contributed by atoms with Gasteiger partial charge in [0, 0.05) is 29.6 Å². The van der Waals surface area contributed by atoms with Gasteiger partial charge in [0.05, 0.1) is 4.90 Å². The Morgan fingerprint density at radius 3 is 2.81 bits per heavy atom. The Balaban J connectivity index is 1.88. The minimum atomic E-state index is -3.41. The number of hydrogen-bond acceptors (Lipinski definition) is 3. The lowest BCUT2D eigenvalue weighted by atomic mass is 9.99. The molecule has 2 unspecified atom stereocenters. The summed E-state index contributed by atoms with van der Waals surface area (Å²) in [5.74, 6) is 0. The van der Waals surface area contributed by atoms with Gasteiger partial charge < -0.3 is 0 Å². The molecule has 0 aromatic heterocycles. The van der Waals surface area contributed by atoms with Crippen molar-refractivity contribution in [2.45, 2.75) is 43.2 Å². The zero-order valence-corrected chi connectivity index (χ0v) is 14.6. The van der Waals surface area contributed by atoms with Crippen LogP contribution in [0.4, 0.5) is 0 Å². The lowest BCUT2D eigenvalue weighted by molar-refractivity contribution is 0.0564. The Hall–Kier alpha value is -0.430. The van der Waals surface area contributed by atoms with Crippen LogP contribution in [0.1, 0.15) is 26.2 Å². The minimum Gasteiger partial charge on any atom is -0.297 e. The van der Waals surface area contributed by atoms with Crippen molar-refractivity contribution < 1.29 is 8.42 Å². The summed E-state index contributed by atoms with van der Waals surface area (Å²) >= 11 is 3.36. The fourth-order valence-electron chi connectivity index (χ4n) is 3.42. The molecular weight excluding hydrogens is 352 g/mol. The molecule has 116 valence electrons. The van der Waals surface area contributed by atoms with Crippen molar-refractivity contribution in [3.05, 3.63) is 28.7 Å². The number of piperidine rings is 1. The molecule has 6 heteroatoms. The number of rotatable bonds is 2. The van der Waals surface area contributed by atoms with E-state index in [2.05, 4.69) is 20.8 Å². The smallest absolute Gasteiger partial charge is 0.243 e. The number of sulfonamides is 1. The molecule has 2 atom stereocenters. The summed E-state index contributed by atoms with van der Waals surface area (Å²) < 4.78 is 28.3. The first kappa shape index (κ1) is 15.5. The summed E-state index contributed by atoms with van der Waals surface area (Å²) in [5, 5.41) is 0. The molecule has 3 rings (SSSR count). The molecule has 2 fully saturated rings. The molecule has 0 aliphatic carbocycles. The predicted octanol–water partition coefficient (Wildman–Crippen LogP) is 2.70. The molecule has 0 bridgehead atoms. The first-order chi connectivity index (χ1) is 9.98.